The number of rotatable bonds is 6. The molecular weight excluding hydrogens is 238 g/mol. The number of hydrogen-bond donors (Lipinski definition) is 1. The molecule has 1 rings (SSSR count). The van der Waals surface area contributed by atoms with E-state index in [9.17, 15) is 0 Å². The van der Waals surface area contributed by atoms with E-state index in [2.05, 4.69) is 68.1 Å². The second-order valence-electron chi connectivity index (χ2n) is 6.18. The molecule has 0 radical (unpaired) electrons. The molecule has 1 N–H and O–H groups in total. The van der Waals surface area contributed by atoms with Gasteiger partial charge in [0.15, 0.2) is 0 Å². The first-order valence-corrected chi connectivity index (χ1v) is 12.9. The van der Waals surface area contributed by atoms with Crippen molar-refractivity contribution >= 4 is 21.7 Å². The van der Waals surface area contributed by atoms with Gasteiger partial charge in [0.25, 0.3) is 0 Å². The molecule has 0 saturated heterocycles. The minimum atomic E-state index is -1.47. The molecule has 17 heavy (non-hydrogen) atoms. The highest BCUT2D eigenvalue weighted by Crippen LogP contribution is 2.14. The summed E-state index contributed by atoms with van der Waals surface area (Å²) in [6, 6.07) is 12.5. The van der Waals surface area contributed by atoms with Crippen LogP contribution in [0.1, 0.15) is 19.8 Å². The van der Waals surface area contributed by atoms with Crippen molar-refractivity contribution in [1.29, 1.82) is 0 Å². The Hall–Kier alpha value is -0.386. The summed E-state index contributed by atoms with van der Waals surface area (Å²) in [6.07, 6.45) is 2.64. The summed E-state index contributed by atoms with van der Waals surface area (Å²) in [5.41, 5.74) is 0. The van der Waals surface area contributed by atoms with Gasteiger partial charge in [-0.25, -0.2) is 0 Å². The Labute approximate surface area is 109 Å². The molecule has 1 unspecified atom stereocenters. The molecular formula is C14H27NSi2. The van der Waals surface area contributed by atoms with Gasteiger partial charge >= 0.3 is 0 Å². The van der Waals surface area contributed by atoms with Crippen LogP contribution in [-0.2, 0) is 0 Å². The standard InChI is InChI=1S/C14H27NSi2/c1-6-7-13-17(5,15-16(2,3)4)14-11-9-8-10-12-14/h8-12,15H,6-7,13H2,1-5H3. The van der Waals surface area contributed by atoms with E-state index in [1.165, 1.54) is 18.9 Å². The van der Waals surface area contributed by atoms with Crippen LogP contribution in [0.25, 0.3) is 0 Å². The average molecular weight is 266 g/mol. The van der Waals surface area contributed by atoms with Crippen molar-refractivity contribution in [1.82, 2.24) is 4.65 Å². The van der Waals surface area contributed by atoms with Crippen molar-refractivity contribution < 1.29 is 0 Å². The maximum absolute atomic E-state index is 4.06. The van der Waals surface area contributed by atoms with Crippen LogP contribution in [0.2, 0.25) is 32.2 Å². The van der Waals surface area contributed by atoms with Gasteiger partial charge in [-0.1, -0.05) is 76.3 Å². The van der Waals surface area contributed by atoms with E-state index in [0.29, 0.717) is 0 Å². The maximum Gasteiger partial charge on any atom is 0.148 e. The summed E-state index contributed by atoms with van der Waals surface area (Å²) >= 11 is 0. The molecule has 0 heterocycles. The molecule has 0 spiro atoms. The predicted octanol–water partition coefficient (Wildman–Crippen LogP) is 3.69. The van der Waals surface area contributed by atoms with E-state index in [1.54, 1.807) is 5.19 Å². The molecule has 0 aliphatic rings. The second-order valence-corrected chi connectivity index (χ2v) is 15.4. The first-order chi connectivity index (χ1) is 7.87. The van der Waals surface area contributed by atoms with Crippen molar-refractivity contribution in [3.8, 4) is 0 Å². The van der Waals surface area contributed by atoms with Crippen molar-refractivity contribution in [2.75, 3.05) is 0 Å². The SMILES string of the molecule is CCCC[Si](C)(N[Si](C)(C)C)c1ccccc1. The molecule has 0 aromatic heterocycles. The Kier molecular flexibility index (Phi) is 5.16. The Morgan fingerprint density at radius 2 is 1.59 bits per heavy atom. The summed E-state index contributed by atoms with van der Waals surface area (Å²) in [5, 5.41) is 1.57. The van der Waals surface area contributed by atoms with E-state index < -0.39 is 16.5 Å². The lowest BCUT2D eigenvalue weighted by Gasteiger charge is -2.35. The lowest BCUT2D eigenvalue weighted by Crippen LogP contribution is -2.65. The predicted molar refractivity (Wildman–Crippen MR) is 83.9 cm³/mol. The molecule has 0 amide bonds. The zero-order chi connectivity index (χ0) is 12.9. The van der Waals surface area contributed by atoms with E-state index in [-0.39, 0.29) is 0 Å². The molecule has 0 aliphatic heterocycles. The molecule has 1 atom stereocenters. The van der Waals surface area contributed by atoms with E-state index in [4.69, 9.17) is 0 Å². The third kappa shape index (κ3) is 4.78. The number of nitrogens with one attached hydrogen (secondary N) is 1. The van der Waals surface area contributed by atoms with E-state index in [0.717, 1.165) is 0 Å². The summed E-state index contributed by atoms with van der Waals surface area (Å²) in [5.74, 6) is 0. The quantitative estimate of drug-likeness (QED) is 0.774. The van der Waals surface area contributed by atoms with E-state index >= 15 is 0 Å². The van der Waals surface area contributed by atoms with Gasteiger partial charge in [0.2, 0.25) is 0 Å². The van der Waals surface area contributed by atoms with Crippen molar-refractivity contribution in [2.24, 2.45) is 0 Å². The molecule has 96 valence electrons. The fourth-order valence-electron chi connectivity index (χ4n) is 2.44. The van der Waals surface area contributed by atoms with Gasteiger partial charge in [-0.05, 0) is 11.2 Å². The smallest absolute Gasteiger partial charge is 0.148 e. The zero-order valence-electron chi connectivity index (χ0n) is 12.0. The lowest BCUT2D eigenvalue weighted by atomic mass is 10.4. The highest BCUT2D eigenvalue weighted by atomic mass is 28.4. The molecule has 0 fully saturated rings. The average Bonchev–Trinajstić information content (AvgIpc) is 2.25. The summed E-state index contributed by atoms with van der Waals surface area (Å²) < 4.78 is 4.06. The van der Waals surface area contributed by atoms with Gasteiger partial charge in [-0.15, -0.1) is 0 Å². The fourth-order valence-corrected chi connectivity index (χ4v) is 12.4. The zero-order valence-corrected chi connectivity index (χ0v) is 14.0. The molecule has 1 aromatic rings. The Morgan fingerprint density at radius 3 is 2.06 bits per heavy atom. The van der Waals surface area contributed by atoms with Gasteiger partial charge in [0, 0.05) is 0 Å². The molecule has 3 heteroatoms. The first kappa shape index (κ1) is 14.7. The minimum absolute atomic E-state index is 1.21. The Balaban J connectivity index is 2.93. The largest absolute Gasteiger partial charge is 0.356 e. The van der Waals surface area contributed by atoms with Crippen molar-refractivity contribution in [2.45, 2.75) is 52.0 Å². The Morgan fingerprint density at radius 1 is 1.00 bits per heavy atom. The third-order valence-corrected chi connectivity index (χ3v) is 11.3. The second kappa shape index (κ2) is 5.98. The van der Waals surface area contributed by atoms with Crippen LogP contribution in [-0.4, -0.2) is 16.5 Å². The third-order valence-electron chi connectivity index (χ3n) is 3.09. The summed E-state index contributed by atoms with van der Waals surface area (Å²) in [6.45, 7) is 12.0. The van der Waals surface area contributed by atoms with E-state index in [1.807, 2.05) is 0 Å². The van der Waals surface area contributed by atoms with Gasteiger partial charge in [0.05, 0.1) is 0 Å². The van der Waals surface area contributed by atoms with Gasteiger partial charge in [-0.2, -0.15) is 0 Å². The molecule has 0 saturated carbocycles. The van der Waals surface area contributed by atoms with Crippen LogP contribution in [0, 0.1) is 0 Å². The van der Waals surface area contributed by atoms with Crippen molar-refractivity contribution in [3.63, 3.8) is 0 Å². The normalized spacial score (nSPS) is 15.6. The van der Waals surface area contributed by atoms with Gasteiger partial charge in [-0.3, -0.25) is 0 Å². The Bertz CT molecular complexity index is 332. The van der Waals surface area contributed by atoms with Gasteiger partial charge < -0.3 is 4.65 Å². The van der Waals surface area contributed by atoms with Crippen LogP contribution in [0.5, 0.6) is 0 Å². The van der Waals surface area contributed by atoms with Crippen LogP contribution >= 0.6 is 0 Å². The van der Waals surface area contributed by atoms with Crippen molar-refractivity contribution in [3.05, 3.63) is 30.3 Å². The molecule has 1 nitrogen and oxygen atoms in total. The van der Waals surface area contributed by atoms with Crippen LogP contribution in [0.4, 0.5) is 0 Å². The molecule has 1 aromatic carbocycles. The van der Waals surface area contributed by atoms with Crippen LogP contribution in [0.3, 0.4) is 0 Å². The number of hydrogen-bond acceptors (Lipinski definition) is 1. The summed E-state index contributed by atoms with van der Waals surface area (Å²) in [4.78, 5) is 0. The summed E-state index contributed by atoms with van der Waals surface area (Å²) in [7, 11) is -2.68. The molecule has 0 aliphatic carbocycles. The monoisotopic (exact) mass is 265 g/mol. The van der Waals surface area contributed by atoms with Gasteiger partial charge in [0.1, 0.15) is 16.5 Å². The van der Waals surface area contributed by atoms with Crippen LogP contribution < -0.4 is 9.83 Å². The highest BCUT2D eigenvalue weighted by molar-refractivity contribution is 6.98. The highest BCUT2D eigenvalue weighted by Gasteiger charge is 2.33. The lowest BCUT2D eigenvalue weighted by molar-refractivity contribution is 0.863. The number of unbranched alkanes of at least 4 members (excludes halogenated alkanes) is 1. The first-order valence-electron chi connectivity index (χ1n) is 6.72. The number of benzene rings is 1. The van der Waals surface area contributed by atoms with Crippen LogP contribution in [0.15, 0.2) is 30.3 Å². The molecule has 0 bridgehead atoms. The topological polar surface area (TPSA) is 12.0 Å². The maximum atomic E-state index is 4.06. The minimum Gasteiger partial charge on any atom is -0.356 e. The fraction of sp³-hybridized carbons (Fsp3) is 0.571.